The predicted octanol–water partition coefficient (Wildman–Crippen LogP) is -1.54. The number of nitrogens with two attached hydrogens (primary N) is 1. The Bertz CT molecular complexity index is 363. The third kappa shape index (κ3) is 1.22. The van der Waals surface area contributed by atoms with Crippen molar-refractivity contribution in [3.05, 3.63) is 33.1 Å². The van der Waals surface area contributed by atoms with Crippen molar-refractivity contribution in [2.24, 2.45) is 12.8 Å². The molecule has 0 unspecified atom stereocenters. The topological polar surface area (TPSA) is 70.0 Å². The molecule has 0 spiro atoms. The molecule has 0 saturated heterocycles. The molecule has 0 aromatic carbocycles. The van der Waals surface area contributed by atoms with Crippen LogP contribution in [0.25, 0.3) is 0 Å². The fraction of sp³-hybridized carbons (Fsp3) is 0.333. The van der Waals surface area contributed by atoms with E-state index >= 15 is 0 Å². The normalized spacial score (nSPS) is 10.0. The van der Waals surface area contributed by atoms with Crippen LogP contribution in [0.3, 0.4) is 0 Å². The molecule has 1 heterocycles. The average molecular weight is 155 g/mol. The first kappa shape index (κ1) is 7.74. The Morgan fingerprint density at radius 1 is 1.55 bits per heavy atom. The molecule has 0 aliphatic carbocycles. The third-order valence-corrected chi connectivity index (χ3v) is 1.42. The number of nitrogens with zero attached hydrogens (tertiary/aromatic N) is 2. The van der Waals surface area contributed by atoms with E-state index in [1.54, 1.807) is 7.05 Å². The minimum Gasteiger partial charge on any atom is -0.313 e. The van der Waals surface area contributed by atoms with Crippen LogP contribution in [0.15, 0.2) is 21.9 Å². The molecule has 2 N–H and O–H groups in total. The van der Waals surface area contributed by atoms with Crippen LogP contribution >= 0.6 is 0 Å². The van der Waals surface area contributed by atoms with Gasteiger partial charge in [0.1, 0.15) is 0 Å². The summed E-state index contributed by atoms with van der Waals surface area (Å²) >= 11 is 0. The molecule has 0 radical (unpaired) electrons. The Hall–Kier alpha value is -1.36. The van der Waals surface area contributed by atoms with Crippen LogP contribution in [0.1, 0.15) is 0 Å². The molecule has 60 valence electrons. The summed E-state index contributed by atoms with van der Waals surface area (Å²) in [6.45, 7) is -0.0770. The summed E-state index contributed by atoms with van der Waals surface area (Å²) in [6.07, 6.45) is 1.41. The van der Waals surface area contributed by atoms with Crippen molar-refractivity contribution in [3.8, 4) is 0 Å². The van der Waals surface area contributed by atoms with Crippen molar-refractivity contribution in [1.82, 2.24) is 9.13 Å². The lowest BCUT2D eigenvalue weighted by atomic mass is 10.6. The molecule has 0 fully saturated rings. The van der Waals surface area contributed by atoms with Gasteiger partial charge in [-0.25, -0.2) is 9.36 Å². The van der Waals surface area contributed by atoms with Gasteiger partial charge in [0.15, 0.2) is 0 Å². The van der Waals surface area contributed by atoms with Crippen LogP contribution in [0.5, 0.6) is 0 Å². The lowest BCUT2D eigenvalue weighted by molar-refractivity contribution is 0.606. The lowest BCUT2D eigenvalue weighted by Gasteiger charge is -2.01. The standard InChI is InChI=1S/C6H9N3O2/c1-8-3-2-5(10)9(4-7)6(8)11/h2-3H,4,7H2,1H3. The van der Waals surface area contributed by atoms with Gasteiger partial charge in [-0.2, -0.15) is 0 Å². The minimum atomic E-state index is -0.389. The number of rotatable bonds is 1. The molecule has 0 saturated carbocycles. The number of aromatic nitrogens is 2. The largest absolute Gasteiger partial charge is 0.331 e. The van der Waals surface area contributed by atoms with Crippen LogP contribution < -0.4 is 17.0 Å². The molecule has 0 atom stereocenters. The van der Waals surface area contributed by atoms with Crippen molar-refractivity contribution >= 4 is 0 Å². The van der Waals surface area contributed by atoms with Crippen LogP contribution in [0.4, 0.5) is 0 Å². The van der Waals surface area contributed by atoms with E-state index in [9.17, 15) is 9.59 Å². The summed E-state index contributed by atoms with van der Waals surface area (Å²) in [6, 6.07) is 1.30. The molecule has 1 aromatic heterocycles. The minimum absolute atomic E-state index is 0.0770. The van der Waals surface area contributed by atoms with E-state index in [0.29, 0.717) is 0 Å². The molecule has 11 heavy (non-hydrogen) atoms. The second-order valence-electron chi connectivity index (χ2n) is 2.16. The Morgan fingerprint density at radius 3 is 2.64 bits per heavy atom. The molecule has 0 amide bonds. The molecular weight excluding hydrogens is 146 g/mol. The molecule has 0 aliphatic heterocycles. The Labute approximate surface area is 62.7 Å². The van der Waals surface area contributed by atoms with Crippen molar-refractivity contribution in [2.45, 2.75) is 6.67 Å². The zero-order valence-electron chi connectivity index (χ0n) is 6.15. The summed E-state index contributed by atoms with van der Waals surface area (Å²) in [5.41, 5.74) is 4.42. The zero-order valence-corrected chi connectivity index (χ0v) is 6.15. The van der Waals surface area contributed by atoms with E-state index in [1.807, 2.05) is 0 Å². The quantitative estimate of drug-likeness (QED) is 0.534. The van der Waals surface area contributed by atoms with Gasteiger partial charge >= 0.3 is 5.69 Å². The summed E-state index contributed by atoms with van der Waals surface area (Å²) in [4.78, 5) is 22.0. The van der Waals surface area contributed by atoms with Gasteiger partial charge in [-0.3, -0.25) is 4.79 Å². The van der Waals surface area contributed by atoms with Gasteiger partial charge in [0, 0.05) is 19.3 Å². The average Bonchev–Trinajstić information content (AvgIpc) is 1.99. The summed E-state index contributed by atoms with van der Waals surface area (Å²) in [7, 11) is 1.56. The Morgan fingerprint density at radius 2 is 2.18 bits per heavy atom. The van der Waals surface area contributed by atoms with Crippen LogP contribution in [-0.4, -0.2) is 9.13 Å². The maximum absolute atomic E-state index is 11.1. The van der Waals surface area contributed by atoms with Gasteiger partial charge in [0.25, 0.3) is 5.56 Å². The van der Waals surface area contributed by atoms with Gasteiger partial charge in [-0.15, -0.1) is 0 Å². The second kappa shape index (κ2) is 2.71. The smallest absolute Gasteiger partial charge is 0.313 e. The van der Waals surface area contributed by atoms with E-state index in [2.05, 4.69) is 0 Å². The van der Waals surface area contributed by atoms with Gasteiger partial charge < -0.3 is 10.3 Å². The van der Waals surface area contributed by atoms with Gasteiger partial charge in [0.2, 0.25) is 0 Å². The SMILES string of the molecule is Cn1ccc(=O)n(CN)c1=O. The first-order chi connectivity index (χ1) is 5.16. The summed E-state index contributed by atoms with van der Waals surface area (Å²) in [5, 5.41) is 0. The zero-order chi connectivity index (χ0) is 8.43. The summed E-state index contributed by atoms with van der Waals surface area (Å²) in [5.74, 6) is 0. The van der Waals surface area contributed by atoms with E-state index in [-0.39, 0.29) is 17.9 Å². The summed E-state index contributed by atoms with van der Waals surface area (Å²) < 4.78 is 2.26. The van der Waals surface area contributed by atoms with E-state index in [1.165, 1.54) is 16.8 Å². The van der Waals surface area contributed by atoms with Crippen LogP contribution in [0.2, 0.25) is 0 Å². The highest BCUT2D eigenvalue weighted by atomic mass is 16.2. The molecule has 5 nitrogen and oxygen atoms in total. The Balaban J connectivity index is 3.55. The first-order valence-electron chi connectivity index (χ1n) is 3.13. The maximum atomic E-state index is 11.1. The van der Waals surface area contributed by atoms with Crippen molar-refractivity contribution in [3.63, 3.8) is 0 Å². The highest BCUT2D eigenvalue weighted by molar-refractivity contribution is 4.84. The van der Waals surface area contributed by atoms with Gasteiger partial charge in [-0.05, 0) is 0 Å². The van der Waals surface area contributed by atoms with E-state index in [0.717, 1.165) is 4.57 Å². The predicted molar refractivity (Wildman–Crippen MR) is 40.1 cm³/mol. The van der Waals surface area contributed by atoms with Crippen molar-refractivity contribution in [2.75, 3.05) is 0 Å². The van der Waals surface area contributed by atoms with E-state index < -0.39 is 0 Å². The highest BCUT2D eigenvalue weighted by Gasteiger charge is 1.97. The highest BCUT2D eigenvalue weighted by Crippen LogP contribution is 1.68. The first-order valence-corrected chi connectivity index (χ1v) is 3.13. The molecule has 1 rings (SSSR count). The number of aryl methyl sites for hydroxylation is 1. The molecule has 1 aromatic rings. The molecule has 0 bridgehead atoms. The van der Waals surface area contributed by atoms with Crippen molar-refractivity contribution in [1.29, 1.82) is 0 Å². The number of hydrogen-bond donors (Lipinski definition) is 1. The maximum Gasteiger partial charge on any atom is 0.331 e. The van der Waals surface area contributed by atoms with Gasteiger partial charge in [-0.1, -0.05) is 0 Å². The van der Waals surface area contributed by atoms with Gasteiger partial charge in [0.05, 0.1) is 6.67 Å². The van der Waals surface area contributed by atoms with Crippen molar-refractivity contribution < 1.29 is 0 Å². The fourth-order valence-corrected chi connectivity index (χ4v) is 0.782. The molecular formula is C6H9N3O2. The number of hydrogen-bond acceptors (Lipinski definition) is 3. The monoisotopic (exact) mass is 155 g/mol. The molecule has 5 heteroatoms. The fourth-order valence-electron chi connectivity index (χ4n) is 0.782. The second-order valence-corrected chi connectivity index (χ2v) is 2.16. The molecule has 0 aliphatic rings. The Kier molecular flexibility index (Phi) is 1.91. The van der Waals surface area contributed by atoms with Crippen LogP contribution in [0, 0.1) is 0 Å². The van der Waals surface area contributed by atoms with E-state index in [4.69, 9.17) is 5.73 Å². The third-order valence-electron chi connectivity index (χ3n) is 1.42. The lowest BCUT2D eigenvalue weighted by Crippen LogP contribution is -2.39. The van der Waals surface area contributed by atoms with Crippen LogP contribution in [-0.2, 0) is 13.7 Å².